The second-order valence-electron chi connectivity index (χ2n) is 8.60. The third kappa shape index (κ3) is 4.73. The minimum atomic E-state index is -0.510. The number of nitrogens with zero attached hydrogens (tertiary/aromatic N) is 1. The van der Waals surface area contributed by atoms with Crippen LogP contribution >= 0.6 is 0 Å². The number of rotatable bonds is 6. The minimum Gasteiger partial charge on any atom is -0.495 e. The maximum Gasteiger partial charge on any atom is 0.339 e. The number of amides is 1. The van der Waals surface area contributed by atoms with Crippen LogP contribution in [0.3, 0.4) is 0 Å². The number of aromatic nitrogens is 1. The van der Waals surface area contributed by atoms with Gasteiger partial charge in [0, 0.05) is 11.1 Å². The van der Waals surface area contributed by atoms with Crippen LogP contribution in [0, 0.1) is 0 Å². The lowest BCUT2D eigenvalue weighted by atomic mass is 9.80. The molecular formula is C29H26N2O4. The van der Waals surface area contributed by atoms with Crippen molar-refractivity contribution in [1.82, 2.24) is 4.98 Å². The molecule has 0 bridgehead atoms. The zero-order valence-electron chi connectivity index (χ0n) is 19.5. The van der Waals surface area contributed by atoms with Crippen LogP contribution in [0.4, 0.5) is 5.69 Å². The van der Waals surface area contributed by atoms with Crippen molar-refractivity contribution in [1.29, 1.82) is 0 Å². The van der Waals surface area contributed by atoms with Gasteiger partial charge in [0.2, 0.25) is 0 Å². The van der Waals surface area contributed by atoms with E-state index >= 15 is 0 Å². The van der Waals surface area contributed by atoms with E-state index in [1.165, 1.54) is 12.7 Å². The lowest BCUT2D eigenvalue weighted by molar-refractivity contribution is -0.119. The summed E-state index contributed by atoms with van der Waals surface area (Å²) < 4.78 is 10.8. The van der Waals surface area contributed by atoms with Crippen LogP contribution in [0.2, 0.25) is 0 Å². The van der Waals surface area contributed by atoms with Gasteiger partial charge in [0.25, 0.3) is 5.91 Å². The first-order valence-corrected chi connectivity index (χ1v) is 11.7. The normalized spacial score (nSPS) is 14.7. The topological polar surface area (TPSA) is 77.5 Å². The van der Waals surface area contributed by atoms with Gasteiger partial charge in [-0.05, 0) is 54.5 Å². The molecule has 1 aliphatic rings. The van der Waals surface area contributed by atoms with Crippen molar-refractivity contribution in [3.05, 3.63) is 101 Å². The highest BCUT2D eigenvalue weighted by atomic mass is 16.5. The number of carbonyl (C=O) groups is 2. The quantitative estimate of drug-likeness (QED) is 0.390. The van der Waals surface area contributed by atoms with Crippen LogP contribution in [0.5, 0.6) is 5.75 Å². The SMILES string of the molecule is COc1ccccc1NC(=O)COC(=O)c1c2c(nc3ccccc13)CCC(c1ccccc1)C2. The number of hydrogen-bond acceptors (Lipinski definition) is 5. The molecule has 1 heterocycles. The first-order chi connectivity index (χ1) is 17.1. The van der Waals surface area contributed by atoms with Crippen LogP contribution in [0.1, 0.15) is 39.5 Å². The summed E-state index contributed by atoms with van der Waals surface area (Å²) in [5, 5.41) is 3.49. The van der Waals surface area contributed by atoms with Gasteiger partial charge in [-0.3, -0.25) is 9.78 Å². The van der Waals surface area contributed by atoms with Crippen LogP contribution < -0.4 is 10.1 Å². The molecule has 1 aliphatic carbocycles. The molecular weight excluding hydrogens is 440 g/mol. The molecule has 5 rings (SSSR count). The second kappa shape index (κ2) is 9.97. The standard InChI is InChI=1S/C29H26N2O4/c1-34-26-14-8-7-13-25(26)31-27(32)18-35-29(33)28-21-11-5-6-12-23(21)30-24-16-15-20(17-22(24)28)19-9-3-2-4-10-19/h2-14,20H,15-18H2,1H3,(H,31,32). The fourth-order valence-corrected chi connectivity index (χ4v) is 4.77. The van der Waals surface area contributed by atoms with Gasteiger partial charge in [-0.25, -0.2) is 4.79 Å². The summed E-state index contributed by atoms with van der Waals surface area (Å²) in [4.78, 5) is 30.8. The summed E-state index contributed by atoms with van der Waals surface area (Å²) in [5.74, 6) is -0.110. The number of nitrogens with one attached hydrogen (secondary N) is 1. The van der Waals surface area contributed by atoms with E-state index in [2.05, 4.69) is 17.4 Å². The molecule has 6 nitrogen and oxygen atoms in total. The third-order valence-electron chi connectivity index (χ3n) is 6.45. The average Bonchev–Trinajstić information content (AvgIpc) is 2.91. The monoisotopic (exact) mass is 466 g/mol. The molecule has 35 heavy (non-hydrogen) atoms. The summed E-state index contributed by atoms with van der Waals surface area (Å²) in [6.45, 7) is -0.398. The molecule has 0 spiro atoms. The van der Waals surface area contributed by atoms with E-state index in [0.29, 0.717) is 29.3 Å². The summed E-state index contributed by atoms with van der Waals surface area (Å²) in [6.07, 6.45) is 2.46. The number of hydrogen-bond donors (Lipinski definition) is 1. The van der Waals surface area contributed by atoms with Crippen molar-refractivity contribution in [2.24, 2.45) is 0 Å². The Morgan fingerprint density at radius 2 is 1.71 bits per heavy atom. The predicted octanol–water partition coefficient (Wildman–Crippen LogP) is 5.31. The minimum absolute atomic E-state index is 0.298. The highest BCUT2D eigenvalue weighted by Crippen LogP contribution is 2.36. The number of fused-ring (bicyclic) bond motifs is 2. The Kier molecular flexibility index (Phi) is 6.44. The number of pyridine rings is 1. The van der Waals surface area contributed by atoms with Crippen molar-refractivity contribution in [2.45, 2.75) is 25.2 Å². The summed E-state index contributed by atoms with van der Waals surface area (Å²) in [5.41, 5.74) is 4.89. The van der Waals surface area contributed by atoms with Crippen molar-refractivity contribution in [3.8, 4) is 5.75 Å². The average molecular weight is 467 g/mol. The van der Waals surface area contributed by atoms with Gasteiger partial charge in [-0.1, -0.05) is 60.7 Å². The molecule has 4 aromatic rings. The van der Waals surface area contributed by atoms with Crippen molar-refractivity contribution >= 4 is 28.5 Å². The molecule has 6 heteroatoms. The van der Waals surface area contributed by atoms with Gasteiger partial charge < -0.3 is 14.8 Å². The Bertz CT molecular complexity index is 1380. The molecule has 1 amide bonds. The zero-order valence-corrected chi connectivity index (χ0v) is 19.5. The smallest absolute Gasteiger partial charge is 0.339 e. The number of carbonyl (C=O) groups excluding carboxylic acids is 2. The van der Waals surface area contributed by atoms with Crippen LogP contribution in [0.15, 0.2) is 78.9 Å². The molecule has 1 N–H and O–H groups in total. The number of anilines is 1. The van der Waals surface area contributed by atoms with Crippen LogP contribution in [0.25, 0.3) is 10.9 Å². The van der Waals surface area contributed by atoms with Crippen molar-refractivity contribution < 1.29 is 19.1 Å². The van der Waals surface area contributed by atoms with Gasteiger partial charge in [0.15, 0.2) is 6.61 Å². The number of ether oxygens (including phenoxy) is 2. The number of para-hydroxylation sites is 3. The van der Waals surface area contributed by atoms with E-state index in [1.807, 2.05) is 48.5 Å². The molecule has 0 saturated carbocycles. The molecule has 0 aliphatic heterocycles. The molecule has 3 aromatic carbocycles. The summed E-state index contributed by atoms with van der Waals surface area (Å²) in [7, 11) is 1.53. The fraction of sp³-hybridized carbons (Fsp3) is 0.207. The van der Waals surface area contributed by atoms with Gasteiger partial charge in [-0.15, -0.1) is 0 Å². The van der Waals surface area contributed by atoms with Gasteiger partial charge in [-0.2, -0.15) is 0 Å². The van der Waals surface area contributed by atoms with E-state index < -0.39 is 18.5 Å². The maximum absolute atomic E-state index is 13.4. The Hall–Kier alpha value is -4.19. The molecule has 1 unspecified atom stereocenters. The molecule has 1 aromatic heterocycles. The highest BCUT2D eigenvalue weighted by Gasteiger charge is 2.28. The highest BCUT2D eigenvalue weighted by molar-refractivity contribution is 6.06. The number of aryl methyl sites for hydroxylation is 1. The predicted molar refractivity (Wildman–Crippen MR) is 135 cm³/mol. The van der Waals surface area contributed by atoms with Gasteiger partial charge in [0.05, 0.1) is 23.9 Å². The fourth-order valence-electron chi connectivity index (χ4n) is 4.77. The van der Waals surface area contributed by atoms with Crippen molar-refractivity contribution in [2.75, 3.05) is 19.0 Å². The molecule has 0 radical (unpaired) electrons. The number of benzene rings is 3. The second-order valence-corrected chi connectivity index (χ2v) is 8.60. The van der Waals surface area contributed by atoms with E-state index in [-0.39, 0.29) is 0 Å². The van der Waals surface area contributed by atoms with Crippen LogP contribution in [-0.4, -0.2) is 30.6 Å². The number of methoxy groups -OCH3 is 1. The largest absolute Gasteiger partial charge is 0.495 e. The van der Waals surface area contributed by atoms with Crippen LogP contribution in [-0.2, 0) is 22.4 Å². The lowest BCUT2D eigenvalue weighted by Gasteiger charge is -2.27. The van der Waals surface area contributed by atoms with E-state index in [0.717, 1.165) is 35.0 Å². The maximum atomic E-state index is 13.4. The van der Waals surface area contributed by atoms with Crippen molar-refractivity contribution in [3.63, 3.8) is 0 Å². The molecule has 0 saturated heterocycles. The Labute approximate surface area is 203 Å². The van der Waals surface area contributed by atoms with E-state index in [9.17, 15) is 9.59 Å². The molecule has 0 fully saturated rings. The first kappa shape index (κ1) is 22.6. The summed E-state index contributed by atoms with van der Waals surface area (Å²) in [6, 6.07) is 25.0. The van der Waals surface area contributed by atoms with Gasteiger partial charge in [0.1, 0.15) is 5.75 Å². The molecule has 176 valence electrons. The van der Waals surface area contributed by atoms with E-state index in [1.54, 1.807) is 18.2 Å². The first-order valence-electron chi connectivity index (χ1n) is 11.7. The van der Waals surface area contributed by atoms with Gasteiger partial charge >= 0.3 is 5.97 Å². The molecule has 1 atom stereocenters. The lowest BCUT2D eigenvalue weighted by Crippen LogP contribution is -2.24. The third-order valence-corrected chi connectivity index (χ3v) is 6.45. The Morgan fingerprint density at radius 1 is 0.971 bits per heavy atom. The Balaban J connectivity index is 1.41. The van der Waals surface area contributed by atoms with E-state index in [4.69, 9.17) is 14.5 Å². The number of esters is 1. The zero-order chi connectivity index (χ0) is 24.2. The Morgan fingerprint density at radius 3 is 2.54 bits per heavy atom. The summed E-state index contributed by atoms with van der Waals surface area (Å²) >= 11 is 0.